The van der Waals surface area contributed by atoms with Gasteiger partial charge in [-0.15, -0.1) is 0 Å². The zero-order valence-corrected chi connectivity index (χ0v) is 21.7. The van der Waals surface area contributed by atoms with E-state index in [1.54, 1.807) is 6.08 Å². The summed E-state index contributed by atoms with van der Waals surface area (Å²) in [5.74, 6) is 2.82. The fraction of sp³-hybridized carbons (Fsp3) is 0.423. The third-order valence-corrected chi connectivity index (χ3v) is 4.59. The molecule has 0 amide bonds. The molecule has 0 heterocycles. The zero-order valence-electron chi connectivity index (χ0n) is 20.2. The molecule has 0 saturated heterocycles. The quantitative estimate of drug-likeness (QED) is 0.248. The maximum absolute atomic E-state index is 5.95. The van der Waals surface area contributed by atoms with E-state index in [0.717, 1.165) is 11.5 Å². The highest BCUT2D eigenvalue weighted by molar-refractivity contribution is 6.55. The van der Waals surface area contributed by atoms with E-state index < -0.39 is 0 Å². The molecule has 180 valence electrons. The standard InChI is InChI=1S/C26H33Cl2NO4/c1-25(2,3)18-32-29-23(26(4,5)6)17-31-20-9-13-22(14-10-20)33-21-11-7-19(8-12-21)30-16-15-24(27)28/h7-15H,16-18H2,1-6H3. The summed E-state index contributed by atoms with van der Waals surface area (Å²) in [4.78, 5) is 5.57. The molecule has 5 nitrogen and oxygen atoms in total. The molecule has 7 heteroatoms. The number of benzene rings is 2. The molecule has 0 aliphatic carbocycles. The molecular formula is C26H33Cl2NO4. The largest absolute Gasteiger partial charge is 0.489 e. The lowest BCUT2D eigenvalue weighted by Gasteiger charge is -2.22. The highest BCUT2D eigenvalue weighted by Crippen LogP contribution is 2.26. The van der Waals surface area contributed by atoms with E-state index in [0.29, 0.717) is 37.1 Å². The Labute approximate surface area is 207 Å². The lowest BCUT2D eigenvalue weighted by atomic mass is 9.90. The molecule has 0 saturated carbocycles. The summed E-state index contributed by atoms with van der Waals surface area (Å²) in [6, 6.07) is 14.7. The van der Waals surface area contributed by atoms with Crippen molar-refractivity contribution in [1.29, 1.82) is 0 Å². The van der Waals surface area contributed by atoms with Crippen LogP contribution in [-0.2, 0) is 4.84 Å². The van der Waals surface area contributed by atoms with Gasteiger partial charge in [-0.05, 0) is 60.0 Å². The van der Waals surface area contributed by atoms with Crippen molar-refractivity contribution in [3.63, 3.8) is 0 Å². The van der Waals surface area contributed by atoms with Crippen molar-refractivity contribution in [2.75, 3.05) is 19.8 Å². The number of nitrogens with zero attached hydrogens (tertiary/aromatic N) is 1. The highest BCUT2D eigenvalue weighted by Gasteiger charge is 2.21. The second kappa shape index (κ2) is 12.2. The van der Waals surface area contributed by atoms with E-state index >= 15 is 0 Å². The van der Waals surface area contributed by atoms with Crippen LogP contribution >= 0.6 is 23.2 Å². The van der Waals surface area contributed by atoms with Gasteiger partial charge in [0.15, 0.2) is 0 Å². The number of hydrogen-bond donors (Lipinski definition) is 0. The molecule has 0 aromatic heterocycles. The van der Waals surface area contributed by atoms with Crippen molar-refractivity contribution >= 4 is 28.9 Å². The lowest BCUT2D eigenvalue weighted by Crippen LogP contribution is -2.27. The normalized spacial score (nSPS) is 12.2. The van der Waals surface area contributed by atoms with Crippen LogP contribution in [-0.4, -0.2) is 25.5 Å². The number of halogens is 2. The van der Waals surface area contributed by atoms with Crippen molar-refractivity contribution in [2.45, 2.75) is 41.5 Å². The summed E-state index contributed by atoms with van der Waals surface area (Å²) in [7, 11) is 0. The third kappa shape index (κ3) is 10.9. The van der Waals surface area contributed by atoms with Gasteiger partial charge in [0, 0.05) is 5.41 Å². The Balaban J connectivity index is 1.91. The summed E-state index contributed by atoms with van der Waals surface area (Å²) in [5.41, 5.74) is 0.730. The molecule has 33 heavy (non-hydrogen) atoms. The average molecular weight is 494 g/mol. The van der Waals surface area contributed by atoms with Gasteiger partial charge in [0.25, 0.3) is 0 Å². The van der Waals surface area contributed by atoms with E-state index in [9.17, 15) is 0 Å². The van der Waals surface area contributed by atoms with Crippen molar-refractivity contribution in [3.8, 4) is 23.0 Å². The van der Waals surface area contributed by atoms with E-state index in [-0.39, 0.29) is 15.3 Å². The van der Waals surface area contributed by atoms with Crippen LogP contribution in [0.1, 0.15) is 41.5 Å². The fourth-order valence-corrected chi connectivity index (χ4v) is 2.51. The molecule has 0 atom stereocenters. The number of hydrogen-bond acceptors (Lipinski definition) is 5. The first-order valence-electron chi connectivity index (χ1n) is 10.8. The lowest BCUT2D eigenvalue weighted by molar-refractivity contribution is 0.0740. The molecule has 0 radical (unpaired) electrons. The first-order valence-corrected chi connectivity index (χ1v) is 11.5. The Hall–Kier alpha value is -2.37. The molecule has 2 aromatic carbocycles. The van der Waals surface area contributed by atoms with E-state index in [1.165, 1.54) is 0 Å². The highest BCUT2D eigenvalue weighted by atomic mass is 35.5. The smallest absolute Gasteiger partial charge is 0.130 e. The van der Waals surface area contributed by atoms with Gasteiger partial charge in [0.1, 0.15) is 47.3 Å². The van der Waals surface area contributed by atoms with Crippen LogP contribution in [0.15, 0.2) is 64.3 Å². The van der Waals surface area contributed by atoms with Gasteiger partial charge < -0.3 is 19.0 Å². The van der Waals surface area contributed by atoms with Gasteiger partial charge >= 0.3 is 0 Å². The number of rotatable bonds is 10. The molecule has 0 unspecified atom stereocenters. The summed E-state index contributed by atoms with van der Waals surface area (Å²) < 4.78 is 17.5. The average Bonchev–Trinajstić information content (AvgIpc) is 2.71. The molecule has 2 aromatic rings. The minimum Gasteiger partial charge on any atom is -0.489 e. The maximum atomic E-state index is 5.95. The van der Waals surface area contributed by atoms with Gasteiger partial charge in [-0.2, -0.15) is 0 Å². The minimum atomic E-state index is -0.163. The third-order valence-electron chi connectivity index (χ3n) is 4.28. The van der Waals surface area contributed by atoms with Gasteiger partial charge in [-0.25, -0.2) is 0 Å². The summed E-state index contributed by atoms with van der Waals surface area (Å²) in [5, 5.41) is 4.34. The predicted octanol–water partition coefficient (Wildman–Crippen LogP) is 8.02. The molecule has 0 N–H and O–H groups in total. The zero-order chi connectivity index (χ0) is 24.5. The Kier molecular flexibility index (Phi) is 9.93. The van der Waals surface area contributed by atoms with Crippen LogP contribution in [0.5, 0.6) is 23.0 Å². The Bertz CT molecular complexity index is 921. The molecular weight excluding hydrogens is 461 g/mol. The molecule has 0 spiro atoms. The van der Waals surface area contributed by atoms with E-state index in [1.807, 2.05) is 48.5 Å². The van der Waals surface area contributed by atoms with Crippen LogP contribution in [0, 0.1) is 10.8 Å². The van der Waals surface area contributed by atoms with Crippen molar-refractivity contribution in [2.24, 2.45) is 16.0 Å². The van der Waals surface area contributed by atoms with Crippen LogP contribution < -0.4 is 14.2 Å². The SMILES string of the molecule is CC(C)(C)CON=C(COc1ccc(Oc2ccc(OCC=C(Cl)Cl)cc2)cc1)C(C)(C)C. The summed E-state index contributed by atoms with van der Waals surface area (Å²) in [6.45, 7) is 13.8. The molecule has 0 bridgehead atoms. The second-order valence-corrected chi connectivity index (χ2v) is 10.8. The Morgan fingerprint density at radius 1 is 0.788 bits per heavy atom. The predicted molar refractivity (Wildman–Crippen MR) is 136 cm³/mol. The van der Waals surface area contributed by atoms with Crippen molar-refractivity contribution < 1.29 is 19.0 Å². The Morgan fingerprint density at radius 3 is 1.73 bits per heavy atom. The van der Waals surface area contributed by atoms with Gasteiger partial charge in [0.05, 0.1) is 5.71 Å². The number of ether oxygens (including phenoxy) is 3. The van der Waals surface area contributed by atoms with Gasteiger partial charge in [-0.3, -0.25) is 0 Å². The first-order chi connectivity index (χ1) is 15.4. The molecule has 0 aliphatic rings. The topological polar surface area (TPSA) is 49.3 Å². The first kappa shape index (κ1) is 26.9. The number of oxime groups is 1. The van der Waals surface area contributed by atoms with E-state index in [4.69, 9.17) is 42.3 Å². The van der Waals surface area contributed by atoms with E-state index in [2.05, 4.69) is 46.7 Å². The van der Waals surface area contributed by atoms with Crippen LogP contribution in [0.4, 0.5) is 0 Å². The summed E-state index contributed by atoms with van der Waals surface area (Å²) >= 11 is 11.1. The van der Waals surface area contributed by atoms with Crippen LogP contribution in [0.2, 0.25) is 0 Å². The molecule has 2 rings (SSSR count). The maximum Gasteiger partial charge on any atom is 0.130 e. The fourth-order valence-electron chi connectivity index (χ4n) is 2.38. The van der Waals surface area contributed by atoms with Crippen LogP contribution in [0.25, 0.3) is 0 Å². The summed E-state index contributed by atoms with van der Waals surface area (Å²) in [6.07, 6.45) is 1.58. The van der Waals surface area contributed by atoms with Crippen molar-refractivity contribution in [1.82, 2.24) is 0 Å². The Morgan fingerprint density at radius 2 is 1.27 bits per heavy atom. The monoisotopic (exact) mass is 493 g/mol. The second-order valence-electron chi connectivity index (χ2n) is 9.76. The molecule has 0 fully saturated rings. The van der Waals surface area contributed by atoms with Gasteiger partial charge in [-0.1, -0.05) is 69.9 Å². The molecule has 0 aliphatic heterocycles. The van der Waals surface area contributed by atoms with Gasteiger partial charge in [0.2, 0.25) is 0 Å². The van der Waals surface area contributed by atoms with Crippen molar-refractivity contribution in [3.05, 3.63) is 59.1 Å². The van der Waals surface area contributed by atoms with Crippen LogP contribution in [0.3, 0.4) is 0 Å². The minimum absolute atomic E-state index is 0.0480.